The number of hydrogen-bond acceptors (Lipinski definition) is 5. The minimum absolute atomic E-state index is 0.0711. The van der Waals surface area contributed by atoms with Gasteiger partial charge in [0.25, 0.3) is 5.91 Å². The molecule has 0 aliphatic carbocycles. The van der Waals surface area contributed by atoms with E-state index in [0.29, 0.717) is 33.1 Å². The molecule has 2 N–H and O–H groups in total. The predicted octanol–water partition coefficient (Wildman–Crippen LogP) is 4.41. The molecule has 0 spiro atoms. The zero-order valence-electron chi connectivity index (χ0n) is 17.2. The monoisotopic (exact) mass is 508 g/mol. The first-order chi connectivity index (χ1) is 15.9. The Hall–Kier alpha value is -2.75. The summed E-state index contributed by atoms with van der Waals surface area (Å²) in [5, 5.41) is 10.8. The van der Waals surface area contributed by atoms with E-state index in [9.17, 15) is 14.0 Å². The van der Waals surface area contributed by atoms with E-state index in [1.807, 2.05) is 0 Å². The Morgan fingerprint density at radius 1 is 1.12 bits per heavy atom. The molecule has 172 valence electrons. The van der Waals surface area contributed by atoms with E-state index in [2.05, 4.69) is 15.7 Å². The van der Waals surface area contributed by atoms with E-state index in [4.69, 9.17) is 27.9 Å². The molecule has 2 aromatic carbocycles. The molecular formula is C22H19Cl2FN4O3S. The highest BCUT2D eigenvalue weighted by Gasteiger charge is 2.25. The van der Waals surface area contributed by atoms with E-state index < -0.39 is 5.91 Å². The first-order valence-corrected chi connectivity index (χ1v) is 11.9. The van der Waals surface area contributed by atoms with E-state index in [0.717, 1.165) is 16.8 Å². The number of nitrogens with zero attached hydrogens (tertiary/aromatic N) is 2. The van der Waals surface area contributed by atoms with Crippen molar-refractivity contribution in [3.63, 3.8) is 0 Å². The third kappa shape index (κ3) is 5.98. The zero-order chi connectivity index (χ0) is 23.4. The topological polar surface area (TPSA) is 85.2 Å². The molecule has 2 heterocycles. The van der Waals surface area contributed by atoms with Gasteiger partial charge in [0.1, 0.15) is 23.9 Å². The maximum absolute atomic E-state index is 13.0. The SMILES string of the molecule is O=C(Cn1nc2c(c1NC(=O)COc1ccc(Cl)cc1Cl)CSC2)NCc1ccc(F)cc1. The van der Waals surface area contributed by atoms with Gasteiger partial charge in [0, 0.05) is 28.6 Å². The van der Waals surface area contributed by atoms with Gasteiger partial charge in [-0.1, -0.05) is 35.3 Å². The second-order valence-corrected chi connectivity index (χ2v) is 9.07. The van der Waals surface area contributed by atoms with Gasteiger partial charge in [-0.15, -0.1) is 0 Å². The summed E-state index contributed by atoms with van der Waals surface area (Å²) in [6, 6.07) is 10.6. The van der Waals surface area contributed by atoms with Crippen molar-refractivity contribution in [2.75, 3.05) is 11.9 Å². The van der Waals surface area contributed by atoms with E-state index >= 15 is 0 Å². The van der Waals surface area contributed by atoms with Crippen LogP contribution in [0.3, 0.4) is 0 Å². The first-order valence-electron chi connectivity index (χ1n) is 9.94. The number of carbonyl (C=O) groups excluding carboxylic acids is 2. The summed E-state index contributed by atoms with van der Waals surface area (Å²) in [7, 11) is 0. The third-order valence-corrected chi connectivity index (χ3v) is 6.33. The molecular weight excluding hydrogens is 490 g/mol. The molecule has 4 rings (SSSR count). The van der Waals surface area contributed by atoms with Crippen LogP contribution >= 0.6 is 35.0 Å². The quantitative estimate of drug-likeness (QED) is 0.470. The fourth-order valence-electron chi connectivity index (χ4n) is 3.22. The van der Waals surface area contributed by atoms with Gasteiger partial charge in [0.05, 0.1) is 10.7 Å². The normalized spacial score (nSPS) is 12.3. The molecule has 0 fully saturated rings. The van der Waals surface area contributed by atoms with Gasteiger partial charge in [-0.25, -0.2) is 9.07 Å². The number of thioether (sulfide) groups is 1. The molecule has 1 aliphatic rings. The van der Waals surface area contributed by atoms with E-state index in [1.165, 1.54) is 22.9 Å². The number of nitrogens with one attached hydrogen (secondary N) is 2. The lowest BCUT2D eigenvalue weighted by Crippen LogP contribution is -2.29. The molecule has 0 radical (unpaired) electrons. The van der Waals surface area contributed by atoms with Gasteiger partial charge >= 0.3 is 0 Å². The van der Waals surface area contributed by atoms with Crippen LogP contribution in [-0.4, -0.2) is 28.2 Å². The van der Waals surface area contributed by atoms with Crippen LogP contribution in [0.4, 0.5) is 10.2 Å². The van der Waals surface area contributed by atoms with E-state index in [1.54, 1.807) is 36.0 Å². The fraction of sp³-hybridized carbons (Fsp3) is 0.227. The van der Waals surface area contributed by atoms with Crippen molar-refractivity contribution < 1.29 is 18.7 Å². The van der Waals surface area contributed by atoms with Crippen LogP contribution in [-0.2, 0) is 34.2 Å². The van der Waals surface area contributed by atoms with Crippen molar-refractivity contribution in [2.24, 2.45) is 0 Å². The maximum atomic E-state index is 13.0. The van der Waals surface area contributed by atoms with Crippen molar-refractivity contribution in [1.82, 2.24) is 15.1 Å². The molecule has 33 heavy (non-hydrogen) atoms. The van der Waals surface area contributed by atoms with Gasteiger partial charge in [-0.2, -0.15) is 16.9 Å². The number of halogens is 3. The summed E-state index contributed by atoms with van der Waals surface area (Å²) in [5.74, 6) is 1.18. The van der Waals surface area contributed by atoms with Crippen LogP contribution in [0.25, 0.3) is 0 Å². The summed E-state index contributed by atoms with van der Waals surface area (Å²) in [6.07, 6.45) is 0. The molecule has 11 heteroatoms. The Morgan fingerprint density at radius 3 is 2.67 bits per heavy atom. The Morgan fingerprint density at radius 2 is 1.91 bits per heavy atom. The second-order valence-electron chi connectivity index (χ2n) is 7.24. The number of anilines is 1. The first kappa shape index (κ1) is 23.4. The summed E-state index contributed by atoms with van der Waals surface area (Å²) in [6.45, 7) is -0.0864. The molecule has 0 unspecified atom stereocenters. The van der Waals surface area contributed by atoms with Gasteiger partial charge in [0.2, 0.25) is 5.91 Å². The highest BCUT2D eigenvalue weighted by atomic mass is 35.5. The van der Waals surface area contributed by atoms with Crippen molar-refractivity contribution in [1.29, 1.82) is 0 Å². The van der Waals surface area contributed by atoms with Crippen molar-refractivity contribution in [2.45, 2.75) is 24.6 Å². The lowest BCUT2D eigenvalue weighted by molar-refractivity contribution is -0.122. The number of aromatic nitrogens is 2. The smallest absolute Gasteiger partial charge is 0.263 e. The summed E-state index contributed by atoms with van der Waals surface area (Å²) in [5.41, 5.74) is 2.50. The third-order valence-electron chi connectivity index (χ3n) is 4.83. The van der Waals surface area contributed by atoms with E-state index in [-0.39, 0.29) is 31.4 Å². The molecule has 0 atom stereocenters. The molecule has 3 aromatic rings. The van der Waals surface area contributed by atoms with Crippen LogP contribution in [0.2, 0.25) is 10.0 Å². The lowest BCUT2D eigenvalue weighted by atomic mass is 10.2. The summed E-state index contributed by atoms with van der Waals surface area (Å²) >= 11 is 13.6. The molecule has 0 saturated carbocycles. The molecule has 2 amide bonds. The van der Waals surface area contributed by atoms with Crippen molar-refractivity contribution in [3.05, 3.63) is 75.1 Å². The molecule has 0 saturated heterocycles. The van der Waals surface area contributed by atoms with Crippen LogP contribution in [0.15, 0.2) is 42.5 Å². The average Bonchev–Trinajstić information content (AvgIpc) is 3.35. The molecule has 1 aliphatic heterocycles. The van der Waals surface area contributed by atoms with Crippen LogP contribution in [0.5, 0.6) is 5.75 Å². The summed E-state index contributed by atoms with van der Waals surface area (Å²) < 4.78 is 20.0. The Balaban J connectivity index is 1.38. The number of carbonyl (C=O) groups is 2. The van der Waals surface area contributed by atoms with Gasteiger partial charge in [0.15, 0.2) is 6.61 Å². The van der Waals surface area contributed by atoms with Crippen LogP contribution in [0.1, 0.15) is 16.8 Å². The highest BCUT2D eigenvalue weighted by molar-refractivity contribution is 7.98. The fourth-order valence-corrected chi connectivity index (χ4v) is 4.72. The van der Waals surface area contributed by atoms with Crippen LogP contribution < -0.4 is 15.4 Å². The number of rotatable bonds is 8. The second kappa shape index (κ2) is 10.5. The minimum atomic E-state index is -0.409. The number of hydrogen-bond donors (Lipinski definition) is 2. The number of amides is 2. The highest BCUT2D eigenvalue weighted by Crippen LogP contribution is 2.34. The number of benzene rings is 2. The lowest BCUT2D eigenvalue weighted by Gasteiger charge is -2.12. The van der Waals surface area contributed by atoms with Crippen LogP contribution in [0, 0.1) is 5.82 Å². The minimum Gasteiger partial charge on any atom is -0.482 e. The standard InChI is InChI=1S/C22H19Cl2FN4O3S/c23-14-3-6-19(17(24)7-14)32-10-21(31)27-22-16-11-33-12-18(16)28-29(22)9-20(30)26-8-13-1-4-15(25)5-2-13/h1-7H,8-12H2,(H,26,30)(H,27,31). The average molecular weight is 509 g/mol. The van der Waals surface area contributed by atoms with Gasteiger partial charge < -0.3 is 15.4 Å². The number of fused-ring (bicyclic) bond motifs is 1. The Bertz CT molecular complexity index is 1190. The number of ether oxygens (including phenoxy) is 1. The maximum Gasteiger partial charge on any atom is 0.263 e. The Labute approximate surface area is 203 Å². The van der Waals surface area contributed by atoms with Crippen molar-refractivity contribution in [3.8, 4) is 5.75 Å². The zero-order valence-corrected chi connectivity index (χ0v) is 19.6. The summed E-state index contributed by atoms with van der Waals surface area (Å²) in [4.78, 5) is 25.0. The Kier molecular flexibility index (Phi) is 7.42. The molecule has 1 aromatic heterocycles. The van der Waals surface area contributed by atoms with Gasteiger partial charge in [-0.05, 0) is 35.9 Å². The van der Waals surface area contributed by atoms with Crippen molar-refractivity contribution >= 4 is 52.6 Å². The van der Waals surface area contributed by atoms with Gasteiger partial charge in [-0.3, -0.25) is 9.59 Å². The predicted molar refractivity (Wildman–Crippen MR) is 126 cm³/mol. The molecule has 7 nitrogen and oxygen atoms in total. The largest absolute Gasteiger partial charge is 0.482 e. The molecule has 0 bridgehead atoms.